The van der Waals surface area contributed by atoms with E-state index in [1.165, 1.54) is 19.2 Å². The van der Waals surface area contributed by atoms with Gasteiger partial charge in [0.1, 0.15) is 23.0 Å². The number of alkyl halides is 3. The molecule has 1 aliphatic heterocycles. The molecule has 0 bridgehead atoms. The molecule has 0 radical (unpaired) electrons. The van der Waals surface area contributed by atoms with Gasteiger partial charge >= 0.3 is 5.51 Å². The van der Waals surface area contributed by atoms with Gasteiger partial charge in [-0.1, -0.05) is 23.3 Å². The van der Waals surface area contributed by atoms with Gasteiger partial charge in [-0.05, 0) is 64.8 Å². The summed E-state index contributed by atoms with van der Waals surface area (Å²) in [5, 5.41) is 0. The van der Waals surface area contributed by atoms with E-state index < -0.39 is 20.2 Å². The van der Waals surface area contributed by atoms with Crippen LogP contribution in [0.4, 0.5) is 13.2 Å². The lowest BCUT2D eigenvalue weighted by atomic mass is 9.91. The molecule has 0 aromatic heterocycles. The number of hydrogen-bond acceptors (Lipinski definition) is 6. The lowest BCUT2D eigenvalue weighted by Gasteiger charge is -2.29. The van der Waals surface area contributed by atoms with E-state index in [4.69, 9.17) is 18.9 Å². The van der Waals surface area contributed by atoms with E-state index in [0.717, 1.165) is 40.0 Å². The summed E-state index contributed by atoms with van der Waals surface area (Å²) in [6.07, 6.45) is 5.47. The topological polar surface area (TPSA) is 71.1 Å². The van der Waals surface area contributed by atoms with Crippen LogP contribution in [0.5, 0.6) is 17.2 Å². The third-order valence-corrected chi connectivity index (χ3v) is 7.76. The third-order valence-electron chi connectivity index (χ3n) is 6.25. The normalized spacial score (nSPS) is 13.3. The maximum Gasteiger partial charge on any atom is 0.501 e. The number of methoxy groups -OCH3 is 3. The molecule has 0 amide bonds. The lowest BCUT2D eigenvalue weighted by molar-refractivity contribution is -0.0436. The summed E-state index contributed by atoms with van der Waals surface area (Å²) in [6, 6.07) is 4.35. The lowest BCUT2D eigenvalue weighted by Crippen LogP contribution is -2.23. The van der Waals surface area contributed by atoms with Crippen molar-refractivity contribution in [2.75, 3.05) is 21.3 Å². The third kappa shape index (κ3) is 6.11. The first-order valence-corrected chi connectivity index (χ1v) is 13.7. The highest BCUT2D eigenvalue weighted by molar-refractivity contribution is 7.92. The van der Waals surface area contributed by atoms with Crippen LogP contribution in [0, 0.1) is 0 Å². The molecule has 2 aromatic rings. The Hall–Kier alpha value is -3.40. The smallest absolute Gasteiger partial charge is 0.497 e. The number of ether oxygens (including phenoxy) is 4. The molecule has 2 aromatic carbocycles. The highest BCUT2D eigenvalue weighted by atomic mass is 32.2. The highest BCUT2D eigenvalue weighted by Crippen LogP contribution is 2.49. The summed E-state index contributed by atoms with van der Waals surface area (Å²) in [7, 11) is -0.858. The fourth-order valence-corrected chi connectivity index (χ4v) is 5.08. The van der Waals surface area contributed by atoms with Crippen LogP contribution in [0.1, 0.15) is 49.9 Å². The van der Waals surface area contributed by atoms with Crippen LogP contribution in [-0.2, 0) is 33.8 Å². The zero-order chi connectivity index (χ0) is 29.1. The summed E-state index contributed by atoms with van der Waals surface area (Å²) in [6.45, 7) is 7.98. The Balaban J connectivity index is 2.23. The summed E-state index contributed by atoms with van der Waals surface area (Å²) >= 11 is 0. The average molecular weight is 567 g/mol. The van der Waals surface area contributed by atoms with Gasteiger partial charge in [0, 0.05) is 28.7 Å². The highest BCUT2D eigenvalue weighted by Gasteiger charge is 2.46. The fourth-order valence-electron chi connectivity index (χ4n) is 4.32. The van der Waals surface area contributed by atoms with Crippen LogP contribution in [0.15, 0.2) is 58.2 Å². The number of halogens is 3. The number of hydrogen-bond donors (Lipinski definition) is 0. The van der Waals surface area contributed by atoms with Crippen LogP contribution >= 0.6 is 0 Å². The molecule has 10 heteroatoms. The van der Waals surface area contributed by atoms with Crippen LogP contribution in [0.2, 0.25) is 0 Å². The second-order valence-corrected chi connectivity index (χ2v) is 11.5. The van der Waals surface area contributed by atoms with E-state index in [2.05, 4.69) is 6.08 Å². The van der Waals surface area contributed by atoms with Gasteiger partial charge in [0.25, 0.3) is 9.84 Å². The van der Waals surface area contributed by atoms with E-state index in [9.17, 15) is 21.6 Å². The zero-order valence-electron chi connectivity index (χ0n) is 23.1. The molecule has 0 unspecified atom stereocenters. The van der Waals surface area contributed by atoms with Crippen LogP contribution in [0.25, 0.3) is 5.76 Å². The van der Waals surface area contributed by atoms with E-state index in [0.29, 0.717) is 41.4 Å². The number of allylic oxidation sites excluding steroid dienone is 5. The van der Waals surface area contributed by atoms with Crippen molar-refractivity contribution in [3.05, 3.63) is 75.6 Å². The van der Waals surface area contributed by atoms with Crippen LogP contribution in [0.3, 0.4) is 0 Å². The average Bonchev–Trinajstić information content (AvgIpc) is 2.88. The Morgan fingerprint density at radius 1 is 0.872 bits per heavy atom. The van der Waals surface area contributed by atoms with Gasteiger partial charge in [0.15, 0.2) is 5.76 Å². The first-order chi connectivity index (χ1) is 18.3. The van der Waals surface area contributed by atoms with Gasteiger partial charge < -0.3 is 18.9 Å². The second kappa shape index (κ2) is 11.8. The first-order valence-electron chi connectivity index (χ1n) is 12.2. The van der Waals surface area contributed by atoms with E-state index in [1.807, 2.05) is 33.8 Å². The van der Waals surface area contributed by atoms with Crippen molar-refractivity contribution in [3.8, 4) is 17.2 Å². The molecule has 0 atom stereocenters. The van der Waals surface area contributed by atoms with Crippen molar-refractivity contribution in [1.82, 2.24) is 0 Å². The molecule has 0 saturated heterocycles. The maximum absolute atomic E-state index is 13.0. The number of sulfone groups is 1. The second-order valence-electron chi connectivity index (χ2n) is 9.51. The van der Waals surface area contributed by atoms with Crippen molar-refractivity contribution < 1.29 is 40.5 Å². The standard InChI is InChI=1S/C29H33F3O6S/c1-17(2)8-14-21-26(36-6)22(15-9-18(3)4)28-23(27(21)37-7)16-24(35-5)25(38-28)19-10-12-20(13-11-19)39(33,34)29(30,31)32/h8-13H,14-16H2,1-7H3. The monoisotopic (exact) mass is 566 g/mol. The number of fused-ring (bicyclic) bond motifs is 1. The fraction of sp³-hybridized carbons (Fsp3) is 0.379. The zero-order valence-corrected chi connectivity index (χ0v) is 23.9. The molecule has 1 aliphatic rings. The van der Waals surface area contributed by atoms with Crippen molar-refractivity contribution in [3.63, 3.8) is 0 Å². The molecule has 0 spiro atoms. The minimum atomic E-state index is -5.48. The predicted octanol–water partition coefficient (Wildman–Crippen LogP) is 6.96. The van der Waals surface area contributed by atoms with Crippen molar-refractivity contribution >= 4 is 15.6 Å². The molecular formula is C29H33F3O6S. The molecule has 6 nitrogen and oxygen atoms in total. The molecular weight excluding hydrogens is 533 g/mol. The van der Waals surface area contributed by atoms with Crippen LogP contribution in [-0.4, -0.2) is 35.3 Å². The van der Waals surface area contributed by atoms with Crippen molar-refractivity contribution in [2.24, 2.45) is 0 Å². The van der Waals surface area contributed by atoms with Gasteiger partial charge in [-0.3, -0.25) is 0 Å². The molecule has 0 saturated carbocycles. The maximum atomic E-state index is 13.0. The molecule has 39 heavy (non-hydrogen) atoms. The number of rotatable bonds is 9. The summed E-state index contributed by atoms with van der Waals surface area (Å²) in [4.78, 5) is -0.856. The largest absolute Gasteiger partial charge is 0.501 e. The Bertz CT molecular complexity index is 1430. The Morgan fingerprint density at radius 3 is 1.87 bits per heavy atom. The SMILES string of the molecule is COC1=C(c2ccc(S(=O)(=O)C(F)(F)F)cc2)Oc2c(CC=C(C)C)c(OC)c(CC=C(C)C)c(OC)c2C1. The summed E-state index contributed by atoms with van der Waals surface area (Å²) in [5.74, 6) is 2.40. The van der Waals surface area contributed by atoms with E-state index in [1.54, 1.807) is 14.2 Å². The Kier molecular flexibility index (Phi) is 9.10. The predicted molar refractivity (Wildman–Crippen MR) is 144 cm³/mol. The van der Waals surface area contributed by atoms with Crippen LogP contribution < -0.4 is 14.2 Å². The molecule has 0 aliphatic carbocycles. The Labute approximate surface area is 227 Å². The Morgan fingerprint density at radius 2 is 1.41 bits per heavy atom. The minimum Gasteiger partial charge on any atom is -0.497 e. The molecule has 212 valence electrons. The summed E-state index contributed by atoms with van der Waals surface area (Å²) < 4.78 is 86.6. The van der Waals surface area contributed by atoms with E-state index in [-0.39, 0.29) is 12.2 Å². The molecule has 1 heterocycles. The number of benzene rings is 2. The van der Waals surface area contributed by atoms with Gasteiger partial charge in [-0.2, -0.15) is 13.2 Å². The van der Waals surface area contributed by atoms with Gasteiger partial charge in [-0.25, -0.2) is 8.42 Å². The van der Waals surface area contributed by atoms with Crippen molar-refractivity contribution in [1.29, 1.82) is 0 Å². The quantitative estimate of drug-likeness (QED) is 0.306. The molecule has 3 rings (SSSR count). The molecule has 0 fully saturated rings. The van der Waals surface area contributed by atoms with Crippen molar-refractivity contribution in [2.45, 2.75) is 57.4 Å². The summed E-state index contributed by atoms with van der Waals surface area (Å²) in [5.41, 5.74) is -0.408. The van der Waals surface area contributed by atoms with E-state index >= 15 is 0 Å². The minimum absolute atomic E-state index is 0.264. The van der Waals surface area contributed by atoms with Gasteiger partial charge in [-0.15, -0.1) is 0 Å². The van der Waals surface area contributed by atoms with Gasteiger partial charge in [0.2, 0.25) is 0 Å². The molecule has 0 N–H and O–H groups in total. The first kappa shape index (κ1) is 30.1. The van der Waals surface area contributed by atoms with Gasteiger partial charge in [0.05, 0.1) is 26.2 Å².